The fourth-order valence-electron chi connectivity index (χ4n) is 2.55. The second-order valence-corrected chi connectivity index (χ2v) is 5.64. The van der Waals surface area contributed by atoms with Crippen LogP contribution in [0.2, 0.25) is 0 Å². The monoisotopic (exact) mass is 291 g/mol. The van der Waals surface area contributed by atoms with Crippen LogP contribution in [0, 0.1) is 6.92 Å². The maximum absolute atomic E-state index is 11.9. The smallest absolute Gasteiger partial charge is 0.253 e. The third-order valence-corrected chi connectivity index (χ3v) is 3.89. The molecule has 1 N–H and O–H groups in total. The van der Waals surface area contributed by atoms with Gasteiger partial charge in [-0.25, -0.2) is 0 Å². The Morgan fingerprint density at radius 1 is 1.19 bits per heavy atom. The Hall–Kier alpha value is -1.35. The van der Waals surface area contributed by atoms with E-state index in [9.17, 15) is 4.79 Å². The lowest BCUT2D eigenvalue weighted by Crippen LogP contribution is -2.30. The molecule has 0 saturated heterocycles. The molecule has 0 aliphatic heterocycles. The van der Waals surface area contributed by atoms with Crippen molar-refractivity contribution < 1.29 is 9.90 Å². The molecule has 0 bridgehead atoms. The number of aliphatic hydroxyl groups excluding tert-OH is 1. The quantitative estimate of drug-likeness (QED) is 0.920. The van der Waals surface area contributed by atoms with E-state index in [1.165, 1.54) is 19.3 Å². The minimum atomic E-state index is 0.0359. The average Bonchev–Trinajstić information content (AvgIpc) is 2.50. The fourth-order valence-corrected chi connectivity index (χ4v) is 2.55. The van der Waals surface area contributed by atoms with Crippen LogP contribution in [0.25, 0.3) is 0 Å². The molecule has 0 radical (unpaired) electrons. The van der Waals surface area contributed by atoms with Crippen molar-refractivity contribution in [2.75, 3.05) is 13.1 Å². The number of benzene rings is 1. The Labute approximate surface area is 129 Å². The molecule has 2 rings (SSSR count). The zero-order valence-electron chi connectivity index (χ0n) is 13.6. The predicted octanol–water partition coefficient (Wildman–Crippen LogP) is 3.79. The van der Waals surface area contributed by atoms with Crippen LogP contribution < -0.4 is 0 Å². The first-order valence-electron chi connectivity index (χ1n) is 8.12. The number of carbonyl (C=O) groups is 1. The number of hydrogen-bond donors (Lipinski definition) is 1. The first-order chi connectivity index (χ1) is 10.1. The molecular formula is C18H29NO2. The van der Waals surface area contributed by atoms with Crippen LogP contribution >= 0.6 is 0 Å². The number of amides is 1. The van der Waals surface area contributed by atoms with Crippen LogP contribution in [0.1, 0.15) is 61.9 Å². The zero-order valence-corrected chi connectivity index (χ0v) is 13.6. The van der Waals surface area contributed by atoms with Gasteiger partial charge in [-0.05, 0) is 45.7 Å². The first kappa shape index (κ1) is 17.7. The molecule has 118 valence electrons. The lowest BCUT2D eigenvalue weighted by molar-refractivity contribution is 0.0773. The standard InChI is InChI=1S/C12H17NO.C6H12O/c1-4-13(5-2)12(14)11-8-6-7-10(3)9-11;7-6-4-2-1-3-5-6/h6-9H,4-5H2,1-3H3;6-7H,1-5H2. The number of aryl methyl sites for hydroxylation is 1. The van der Waals surface area contributed by atoms with E-state index in [0.29, 0.717) is 0 Å². The SMILES string of the molecule is CCN(CC)C(=O)c1cccc(C)c1.OC1CCCCC1. The van der Waals surface area contributed by atoms with Gasteiger partial charge in [0.25, 0.3) is 5.91 Å². The molecule has 0 aromatic heterocycles. The lowest BCUT2D eigenvalue weighted by atomic mass is 9.98. The highest BCUT2D eigenvalue weighted by Gasteiger charge is 2.11. The van der Waals surface area contributed by atoms with Gasteiger partial charge in [0.15, 0.2) is 0 Å². The van der Waals surface area contributed by atoms with Crippen LogP contribution in [-0.2, 0) is 0 Å². The molecule has 0 atom stereocenters. The van der Waals surface area contributed by atoms with Crippen molar-refractivity contribution in [1.82, 2.24) is 4.90 Å². The van der Waals surface area contributed by atoms with Gasteiger partial charge in [-0.15, -0.1) is 0 Å². The van der Waals surface area contributed by atoms with Crippen molar-refractivity contribution in [3.8, 4) is 0 Å². The molecule has 1 aliphatic carbocycles. The van der Waals surface area contributed by atoms with Crippen molar-refractivity contribution in [2.45, 2.75) is 59.0 Å². The summed E-state index contributed by atoms with van der Waals surface area (Å²) in [5.74, 6) is 0.124. The Balaban J connectivity index is 0.000000262. The summed E-state index contributed by atoms with van der Waals surface area (Å²) in [6, 6.07) is 7.72. The number of hydrogen-bond acceptors (Lipinski definition) is 2. The average molecular weight is 291 g/mol. The summed E-state index contributed by atoms with van der Waals surface area (Å²) in [6.45, 7) is 7.53. The molecule has 1 aromatic carbocycles. The normalized spacial score (nSPS) is 15.0. The molecule has 1 saturated carbocycles. The highest BCUT2D eigenvalue weighted by Crippen LogP contribution is 2.16. The maximum atomic E-state index is 11.9. The summed E-state index contributed by atoms with van der Waals surface area (Å²) in [4.78, 5) is 13.7. The van der Waals surface area contributed by atoms with E-state index in [1.807, 2.05) is 49.9 Å². The molecule has 0 unspecified atom stereocenters. The maximum Gasteiger partial charge on any atom is 0.253 e. The van der Waals surface area contributed by atoms with E-state index in [0.717, 1.165) is 37.1 Å². The minimum absolute atomic E-state index is 0.0359. The number of nitrogens with zero attached hydrogens (tertiary/aromatic N) is 1. The summed E-state index contributed by atoms with van der Waals surface area (Å²) < 4.78 is 0. The topological polar surface area (TPSA) is 40.5 Å². The van der Waals surface area contributed by atoms with Gasteiger partial charge in [0, 0.05) is 18.7 Å². The van der Waals surface area contributed by atoms with E-state index in [-0.39, 0.29) is 12.0 Å². The van der Waals surface area contributed by atoms with Crippen molar-refractivity contribution in [3.05, 3.63) is 35.4 Å². The Bertz CT molecular complexity index is 421. The molecule has 1 aromatic rings. The summed E-state index contributed by atoms with van der Waals surface area (Å²) in [7, 11) is 0. The van der Waals surface area contributed by atoms with Crippen LogP contribution in [0.5, 0.6) is 0 Å². The highest BCUT2D eigenvalue weighted by molar-refractivity contribution is 5.94. The number of aliphatic hydroxyl groups is 1. The molecule has 0 heterocycles. The van der Waals surface area contributed by atoms with Crippen molar-refractivity contribution in [1.29, 1.82) is 0 Å². The first-order valence-corrected chi connectivity index (χ1v) is 8.12. The van der Waals surface area contributed by atoms with Crippen molar-refractivity contribution >= 4 is 5.91 Å². The summed E-state index contributed by atoms with van der Waals surface area (Å²) >= 11 is 0. The van der Waals surface area contributed by atoms with E-state index in [4.69, 9.17) is 5.11 Å². The second-order valence-electron chi connectivity index (χ2n) is 5.64. The summed E-state index contributed by atoms with van der Waals surface area (Å²) in [5.41, 5.74) is 1.91. The third kappa shape index (κ3) is 6.30. The van der Waals surface area contributed by atoms with Gasteiger partial charge in [-0.1, -0.05) is 37.0 Å². The van der Waals surface area contributed by atoms with Gasteiger partial charge in [0.05, 0.1) is 6.10 Å². The van der Waals surface area contributed by atoms with Gasteiger partial charge < -0.3 is 10.0 Å². The number of carbonyl (C=O) groups excluding carboxylic acids is 1. The lowest BCUT2D eigenvalue weighted by Gasteiger charge is -2.18. The molecule has 1 amide bonds. The van der Waals surface area contributed by atoms with Gasteiger partial charge in [0.2, 0.25) is 0 Å². The van der Waals surface area contributed by atoms with Crippen LogP contribution in [0.4, 0.5) is 0 Å². The Morgan fingerprint density at radius 3 is 2.24 bits per heavy atom. The van der Waals surface area contributed by atoms with E-state index in [2.05, 4.69) is 0 Å². The molecule has 21 heavy (non-hydrogen) atoms. The Morgan fingerprint density at radius 2 is 1.81 bits per heavy atom. The zero-order chi connectivity index (χ0) is 15.7. The molecule has 3 heteroatoms. The molecule has 1 aliphatic rings. The number of rotatable bonds is 3. The largest absolute Gasteiger partial charge is 0.393 e. The Kier molecular flexibility index (Phi) is 8.06. The highest BCUT2D eigenvalue weighted by atomic mass is 16.3. The van der Waals surface area contributed by atoms with Crippen LogP contribution in [0.3, 0.4) is 0 Å². The van der Waals surface area contributed by atoms with E-state index in [1.54, 1.807) is 0 Å². The van der Waals surface area contributed by atoms with Crippen LogP contribution in [0.15, 0.2) is 24.3 Å². The van der Waals surface area contributed by atoms with Crippen molar-refractivity contribution in [3.63, 3.8) is 0 Å². The second kappa shape index (κ2) is 9.56. The van der Waals surface area contributed by atoms with Gasteiger partial charge in [0.1, 0.15) is 0 Å². The minimum Gasteiger partial charge on any atom is -0.393 e. The summed E-state index contributed by atoms with van der Waals surface area (Å²) in [5, 5.41) is 8.91. The predicted molar refractivity (Wildman–Crippen MR) is 87.5 cm³/mol. The molecule has 1 fully saturated rings. The molecule has 0 spiro atoms. The fraction of sp³-hybridized carbons (Fsp3) is 0.611. The summed E-state index contributed by atoms with van der Waals surface area (Å²) in [6.07, 6.45) is 5.92. The van der Waals surface area contributed by atoms with Crippen LogP contribution in [-0.4, -0.2) is 35.1 Å². The van der Waals surface area contributed by atoms with Gasteiger partial charge in [-0.2, -0.15) is 0 Å². The molecule has 3 nitrogen and oxygen atoms in total. The van der Waals surface area contributed by atoms with Gasteiger partial charge in [-0.3, -0.25) is 4.79 Å². The van der Waals surface area contributed by atoms with Gasteiger partial charge >= 0.3 is 0 Å². The van der Waals surface area contributed by atoms with E-state index < -0.39 is 0 Å². The third-order valence-electron chi connectivity index (χ3n) is 3.89. The molecular weight excluding hydrogens is 262 g/mol. The van der Waals surface area contributed by atoms with E-state index >= 15 is 0 Å². The van der Waals surface area contributed by atoms with Crippen molar-refractivity contribution in [2.24, 2.45) is 0 Å².